The van der Waals surface area contributed by atoms with Crippen molar-refractivity contribution < 1.29 is 8.83 Å². The van der Waals surface area contributed by atoms with E-state index >= 15 is 0 Å². The maximum Gasteiger partial charge on any atom is 0.134 e. The zero-order valence-corrected chi connectivity index (χ0v) is 10.4. The summed E-state index contributed by atoms with van der Waals surface area (Å²) in [6, 6.07) is 12.0. The van der Waals surface area contributed by atoms with Gasteiger partial charge in [-0.25, -0.2) is 0 Å². The van der Waals surface area contributed by atoms with Crippen molar-refractivity contribution in [3.05, 3.63) is 59.7 Å². The van der Waals surface area contributed by atoms with Crippen molar-refractivity contribution in [2.75, 3.05) is 7.05 Å². The maximum atomic E-state index is 5.88. The lowest BCUT2D eigenvalue weighted by atomic mass is 10.1. The molecule has 0 saturated heterocycles. The molecule has 1 unspecified atom stereocenters. The van der Waals surface area contributed by atoms with E-state index in [1.807, 2.05) is 44.3 Å². The number of hydrogen-bond donors (Lipinski definition) is 1. The molecule has 3 aromatic rings. The number of hydrogen-bond acceptors (Lipinski definition) is 3. The zero-order chi connectivity index (χ0) is 12.5. The SMILES string of the molecule is CNC(c1cc2ccccc2o1)c1occc1C. The average molecular weight is 241 g/mol. The van der Waals surface area contributed by atoms with Gasteiger partial charge in [0, 0.05) is 5.39 Å². The van der Waals surface area contributed by atoms with E-state index in [1.165, 1.54) is 0 Å². The molecule has 0 aliphatic rings. The summed E-state index contributed by atoms with van der Waals surface area (Å²) in [7, 11) is 1.90. The van der Waals surface area contributed by atoms with Crippen LogP contribution in [0, 0.1) is 6.92 Å². The number of aryl methyl sites for hydroxylation is 1. The molecule has 92 valence electrons. The number of nitrogens with one attached hydrogen (secondary N) is 1. The van der Waals surface area contributed by atoms with Gasteiger partial charge < -0.3 is 14.2 Å². The van der Waals surface area contributed by atoms with Gasteiger partial charge in [-0.3, -0.25) is 0 Å². The highest BCUT2D eigenvalue weighted by Crippen LogP contribution is 2.29. The molecule has 0 fully saturated rings. The fourth-order valence-electron chi connectivity index (χ4n) is 2.23. The lowest BCUT2D eigenvalue weighted by Gasteiger charge is -2.11. The quantitative estimate of drug-likeness (QED) is 0.760. The second-order valence-corrected chi connectivity index (χ2v) is 4.38. The van der Waals surface area contributed by atoms with Crippen molar-refractivity contribution in [3.8, 4) is 0 Å². The van der Waals surface area contributed by atoms with Crippen LogP contribution in [0.3, 0.4) is 0 Å². The minimum Gasteiger partial charge on any atom is -0.467 e. The van der Waals surface area contributed by atoms with Crippen LogP contribution in [0.5, 0.6) is 0 Å². The van der Waals surface area contributed by atoms with Gasteiger partial charge >= 0.3 is 0 Å². The Hall–Kier alpha value is -2.00. The summed E-state index contributed by atoms with van der Waals surface area (Å²) >= 11 is 0. The molecule has 1 N–H and O–H groups in total. The lowest BCUT2D eigenvalue weighted by molar-refractivity contribution is 0.412. The lowest BCUT2D eigenvalue weighted by Crippen LogP contribution is -2.17. The average Bonchev–Trinajstić information content (AvgIpc) is 2.97. The van der Waals surface area contributed by atoms with Gasteiger partial charge in [0.2, 0.25) is 0 Å². The van der Waals surface area contributed by atoms with Crippen molar-refractivity contribution >= 4 is 11.0 Å². The van der Waals surface area contributed by atoms with Crippen molar-refractivity contribution in [3.63, 3.8) is 0 Å². The third-order valence-corrected chi connectivity index (χ3v) is 3.18. The first-order chi connectivity index (χ1) is 8.79. The van der Waals surface area contributed by atoms with Gasteiger partial charge in [0.15, 0.2) is 0 Å². The zero-order valence-electron chi connectivity index (χ0n) is 10.4. The van der Waals surface area contributed by atoms with E-state index in [0.29, 0.717) is 0 Å². The van der Waals surface area contributed by atoms with Gasteiger partial charge in [0.1, 0.15) is 23.1 Å². The molecule has 0 aliphatic heterocycles. The predicted octanol–water partition coefficient (Wildman–Crippen LogP) is 3.64. The second-order valence-electron chi connectivity index (χ2n) is 4.38. The van der Waals surface area contributed by atoms with Crippen molar-refractivity contribution in [2.45, 2.75) is 13.0 Å². The van der Waals surface area contributed by atoms with Gasteiger partial charge in [-0.2, -0.15) is 0 Å². The van der Waals surface area contributed by atoms with Gasteiger partial charge in [-0.05, 0) is 37.7 Å². The standard InChI is InChI=1S/C15H15NO2/c1-10-7-8-17-15(10)14(16-2)13-9-11-5-3-4-6-12(11)18-13/h3-9,14,16H,1-2H3. The van der Waals surface area contributed by atoms with E-state index in [2.05, 4.69) is 11.4 Å². The van der Waals surface area contributed by atoms with Crippen molar-refractivity contribution in [2.24, 2.45) is 0 Å². The van der Waals surface area contributed by atoms with E-state index in [4.69, 9.17) is 8.83 Å². The maximum absolute atomic E-state index is 5.88. The van der Waals surface area contributed by atoms with Crippen LogP contribution in [0.25, 0.3) is 11.0 Å². The van der Waals surface area contributed by atoms with E-state index in [9.17, 15) is 0 Å². The Balaban J connectivity index is 2.09. The minimum absolute atomic E-state index is 0.0487. The van der Waals surface area contributed by atoms with E-state index < -0.39 is 0 Å². The van der Waals surface area contributed by atoms with Crippen molar-refractivity contribution in [1.82, 2.24) is 5.32 Å². The number of fused-ring (bicyclic) bond motifs is 1. The summed E-state index contributed by atoms with van der Waals surface area (Å²) in [4.78, 5) is 0. The first kappa shape index (κ1) is 11.1. The molecule has 1 aromatic carbocycles. The fraction of sp³-hybridized carbons (Fsp3) is 0.200. The minimum atomic E-state index is -0.0487. The highest BCUT2D eigenvalue weighted by molar-refractivity contribution is 5.77. The molecule has 0 radical (unpaired) electrons. The van der Waals surface area contributed by atoms with Crippen LogP contribution >= 0.6 is 0 Å². The smallest absolute Gasteiger partial charge is 0.134 e. The molecule has 0 aliphatic carbocycles. The highest BCUT2D eigenvalue weighted by atomic mass is 16.4. The van der Waals surface area contributed by atoms with Crippen LogP contribution < -0.4 is 5.32 Å². The molecule has 2 aromatic heterocycles. The second kappa shape index (κ2) is 4.35. The molecule has 0 spiro atoms. The Labute approximate surface area is 105 Å². The van der Waals surface area contributed by atoms with Gasteiger partial charge in [0.25, 0.3) is 0 Å². The molecule has 18 heavy (non-hydrogen) atoms. The van der Waals surface area contributed by atoms with E-state index in [0.717, 1.165) is 28.1 Å². The molecule has 0 bridgehead atoms. The Bertz CT molecular complexity index is 633. The Morgan fingerprint density at radius 3 is 2.67 bits per heavy atom. The highest BCUT2D eigenvalue weighted by Gasteiger charge is 2.21. The summed E-state index contributed by atoms with van der Waals surface area (Å²) in [5.41, 5.74) is 2.02. The topological polar surface area (TPSA) is 38.3 Å². The molecule has 3 rings (SSSR count). The van der Waals surface area contributed by atoms with Gasteiger partial charge in [0.05, 0.1) is 6.26 Å². The van der Waals surface area contributed by atoms with Crippen LogP contribution in [0.1, 0.15) is 23.1 Å². The summed E-state index contributed by atoms with van der Waals surface area (Å²) in [5, 5.41) is 4.34. The molecule has 1 atom stereocenters. The van der Waals surface area contributed by atoms with Crippen molar-refractivity contribution in [1.29, 1.82) is 0 Å². The third-order valence-electron chi connectivity index (χ3n) is 3.18. The van der Waals surface area contributed by atoms with E-state index in [-0.39, 0.29) is 6.04 Å². The summed E-state index contributed by atoms with van der Waals surface area (Å²) < 4.78 is 11.4. The summed E-state index contributed by atoms with van der Waals surface area (Å²) in [6.07, 6.45) is 1.71. The largest absolute Gasteiger partial charge is 0.467 e. The molecule has 0 saturated carbocycles. The Morgan fingerprint density at radius 1 is 1.17 bits per heavy atom. The van der Waals surface area contributed by atoms with Crippen LogP contribution in [-0.2, 0) is 0 Å². The molecule has 0 amide bonds. The molecule has 3 heteroatoms. The number of rotatable bonds is 3. The first-order valence-corrected chi connectivity index (χ1v) is 5.99. The molecular weight excluding hydrogens is 226 g/mol. The molecule has 3 nitrogen and oxygen atoms in total. The third kappa shape index (κ3) is 1.73. The normalized spacial score (nSPS) is 13.0. The van der Waals surface area contributed by atoms with Gasteiger partial charge in [-0.15, -0.1) is 0 Å². The molecule has 2 heterocycles. The monoisotopic (exact) mass is 241 g/mol. The van der Waals surface area contributed by atoms with Crippen LogP contribution in [0.15, 0.2) is 51.5 Å². The summed E-state index contributed by atoms with van der Waals surface area (Å²) in [6.45, 7) is 2.03. The Morgan fingerprint density at radius 2 is 2.00 bits per heavy atom. The van der Waals surface area contributed by atoms with Crippen LogP contribution in [0.4, 0.5) is 0 Å². The summed E-state index contributed by atoms with van der Waals surface area (Å²) in [5.74, 6) is 1.77. The fourth-order valence-corrected chi connectivity index (χ4v) is 2.23. The first-order valence-electron chi connectivity index (χ1n) is 5.99. The number of para-hydroxylation sites is 1. The van der Waals surface area contributed by atoms with Crippen LogP contribution in [-0.4, -0.2) is 7.05 Å². The molecular formula is C15H15NO2. The Kier molecular flexibility index (Phi) is 2.68. The number of benzene rings is 1. The van der Waals surface area contributed by atoms with Gasteiger partial charge in [-0.1, -0.05) is 18.2 Å². The van der Waals surface area contributed by atoms with Crippen LogP contribution in [0.2, 0.25) is 0 Å². The number of furan rings is 2. The predicted molar refractivity (Wildman–Crippen MR) is 70.6 cm³/mol. The van der Waals surface area contributed by atoms with E-state index in [1.54, 1.807) is 6.26 Å².